The van der Waals surface area contributed by atoms with Gasteiger partial charge in [-0.15, -0.1) is 0 Å². The number of hydrogen-bond acceptors (Lipinski definition) is 11. The Hall–Kier alpha value is -7.16. The maximum Gasteiger partial charge on any atom is 0.360 e. The zero-order valence-corrected chi connectivity index (χ0v) is 25.5. The van der Waals surface area contributed by atoms with Crippen LogP contribution in [-0.4, -0.2) is 21.7 Å². The minimum Gasteiger partial charge on any atom is -0.457 e. The van der Waals surface area contributed by atoms with Crippen molar-refractivity contribution in [1.82, 2.24) is 0 Å². The third-order valence-corrected chi connectivity index (χ3v) is 7.68. The van der Waals surface area contributed by atoms with Crippen molar-refractivity contribution in [3.8, 4) is 11.5 Å². The number of aryl methyl sites for hydroxylation is 2. The summed E-state index contributed by atoms with van der Waals surface area (Å²) in [4.78, 5) is 72.8. The van der Waals surface area contributed by atoms with Crippen molar-refractivity contribution in [3.05, 3.63) is 148 Å². The highest BCUT2D eigenvalue weighted by atomic mass is 16.6. The van der Waals surface area contributed by atoms with E-state index in [9.17, 15) is 39.4 Å². The molecule has 0 unspecified atom stereocenters. The van der Waals surface area contributed by atoms with Crippen LogP contribution in [0, 0.1) is 34.1 Å². The number of nitrogens with zero attached hydrogens (tertiary/aromatic N) is 2. The molecule has 6 rings (SSSR count). The average Bonchev–Trinajstić information content (AvgIpc) is 3.08. The van der Waals surface area contributed by atoms with Gasteiger partial charge in [-0.25, -0.2) is 9.59 Å². The molecular formula is C34H22N4O11. The summed E-state index contributed by atoms with van der Waals surface area (Å²) in [6.07, 6.45) is 0. The van der Waals surface area contributed by atoms with Crippen LogP contribution < -0.4 is 26.6 Å². The number of anilines is 2. The maximum absolute atomic E-state index is 12.9. The normalized spacial score (nSPS) is 10.9. The van der Waals surface area contributed by atoms with Gasteiger partial charge in [-0.05, 0) is 61.4 Å². The minimum atomic E-state index is -0.887. The molecule has 6 aromatic rings. The monoisotopic (exact) mass is 662 g/mol. The molecule has 15 heteroatoms. The van der Waals surface area contributed by atoms with E-state index in [0.717, 1.165) is 0 Å². The third kappa shape index (κ3) is 6.06. The highest BCUT2D eigenvalue weighted by Crippen LogP contribution is 2.32. The van der Waals surface area contributed by atoms with Crippen molar-refractivity contribution in [2.45, 2.75) is 13.8 Å². The van der Waals surface area contributed by atoms with Crippen molar-refractivity contribution in [2.75, 3.05) is 10.6 Å². The Bertz CT molecular complexity index is 2330. The second-order valence-electron chi connectivity index (χ2n) is 10.7. The van der Waals surface area contributed by atoms with Gasteiger partial charge < -0.3 is 24.2 Å². The highest BCUT2D eigenvalue weighted by molar-refractivity contribution is 6.09. The van der Waals surface area contributed by atoms with E-state index in [-0.39, 0.29) is 45.2 Å². The highest BCUT2D eigenvalue weighted by Gasteiger charge is 2.24. The molecule has 0 aliphatic rings. The fourth-order valence-electron chi connectivity index (χ4n) is 5.24. The number of carbonyl (C=O) groups excluding carboxylic acids is 2. The van der Waals surface area contributed by atoms with Crippen LogP contribution in [0.5, 0.6) is 11.5 Å². The van der Waals surface area contributed by atoms with Crippen molar-refractivity contribution >= 4 is 56.5 Å². The quantitative estimate of drug-likeness (QED) is 0.100. The molecular weight excluding hydrogens is 640 g/mol. The number of benzene rings is 4. The molecule has 4 aromatic carbocycles. The number of fused-ring (bicyclic) bond motifs is 2. The fourth-order valence-corrected chi connectivity index (χ4v) is 5.24. The van der Waals surface area contributed by atoms with Gasteiger partial charge in [0.05, 0.1) is 9.85 Å². The lowest BCUT2D eigenvalue weighted by molar-refractivity contribution is -0.385. The summed E-state index contributed by atoms with van der Waals surface area (Å²) in [6, 6.07) is 19.9. The van der Waals surface area contributed by atoms with Crippen LogP contribution >= 0.6 is 0 Å². The smallest absolute Gasteiger partial charge is 0.360 e. The molecule has 244 valence electrons. The molecule has 2 aromatic heterocycles. The van der Waals surface area contributed by atoms with E-state index >= 15 is 0 Å². The summed E-state index contributed by atoms with van der Waals surface area (Å²) in [5.41, 5.74) is -2.45. The maximum atomic E-state index is 12.9. The summed E-state index contributed by atoms with van der Waals surface area (Å²) in [5, 5.41) is 28.5. The first-order chi connectivity index (χ1) is 23.4. The van der Waals surface area contributed by atoms with E-state index in [0.29, 0.717) is 21.9 Å². The number of nitrogens with one attached hydrogen (secondary N) is 2. The largest absolute Gasteiger partial charge is 0.457 e. The van der Waals surface area contributed by atoms with E-state index < -0.39 is 44.3 Å². The van der Waals surface area contributed by atoms with Crippen molar-refractivity contribution in [1.29, 1.82) is 0 Å². The molecule has 2 N–H and O–H groups in total. The number of ether oxygens (including phenoxy) is 1. The van der Waals surface area contributed by atoms with Gasteiger partial charge in [-0.2, -0.15) is 0 Å². The second-order valence-corrected chi connectivity index (χ2v) is 10.7. The number of hydrogen-bond donors (Lipinski definition) is 2. The third-order valence-electron chi connectivity index (χ3n) is 7.68. The molecule has 2 heterocycles. The summed E-state index contributed by atoms with van der Waals surface area (Å²) in [5.74, 6) is -1.21. The van der Waals surface area contributed by atoms with Crippen LogP contribution in [0.25, 0.3) is 21.9 Å². The van der Waals surface area contributed by atoms with Crippen molar-refractivity contribution in [3.63, 3.8) is 0 Å². The molecule has 0 saturated carbocycles. The molecule has 49 heavy (non-hydrogen) atoms. The van der Waals surface area contributed by atoms with Gasteiger partial charge in [-0.3, -0.25) is 29.8 Å². The summed E-state index contributed by atoms with van der Waals surface area (Å²) in [7, 11) is 0. The molecule has 15 nitrogen and oxygen atoms in total. The Balaban J connectivity index is 1.25. The molecule has 2 amide bonds. The van der Waals surface area contributed by atoms with Crippen molar-refractivity contribution in [2.24, 2.45) is 0 Å². The van der Waals surface area contributed by atoms with Gasteiger partial charge in [0.2, 0.25) is 0 Å². The standard InChI is InChI=1S/C34H22N4O11/c1-17-21-13-11-19(15-27(21)48-33(41)29(17)35-31(39)23-7-3-5-9-25(23)37(43)44)47-20-12-14-22-18(2)30(34(42)49-28(22)16-20)36-32(40)24-8-4-6-10-26(24)38(45)46/h3-16H,1-2H3,(H,35,39)(H,36,40). The Labute approximate surface area is 273 Å². The van der Waals surface area contributed by atoms with Crippen molar-refractivity contribution < 1.29 is 33.0 Å². The van der Waals surface area contributed by atoms with E-state index in [1.54, 1.807) is 38.1 Å². The van der Waals surface area contributed by atoms with Crippen LogP contribution in [-0.2, 0) is 0 Å². The lowest BCUT2D eigenvalue weighted by Crippen LogP contribution is -2.20. The SMILES string of the molecule is Cc1c(NC(=O)c2ccccc2[N+](=O)[O-])c(=O)oc2cc(Oc3ccc4c(C)c(NC(=O)c5ccccc5[N+](=O)[O-])c(=O)oc4c3)ccc12. The van der Waals surface area contributed by atoms with Gasteiger partial charge >= 0.3 is 11.3 Å². The van der Waals surface area contributed by atoms with Crippen LogP contribution in [0.3, 0.4) is 0 Å². The minimum absolute atomic E-state index is 0.130. The van der Waals surface area contributed by atoms with E-state index in [2.05, 4.69) is 10.6 Å². The molecule has 0 saturated heterocycles. The Morgan fingerprint density at radius 3 is 1.41 bits per heavy atom. The second kappa shape index (κ2) is 12.6. The Kier molecular flexibility index (Phi) is 8.15. The van der Waals surface area contributed by atoms with Crippen LogP contribution in [0.4, 0.5) is 22.7 Å². The average molecular weight is 663 g/mol. The zero-order chi connectivity index (χ0) is 35.0. The van der Waals surface area contributed by atoms with Gasteiger partial charge in [0.1, 0.15) is 45.2 Å². The molecule has 0 bridgehead atoms. The number of nitro benzene ring substituents is 2. The summed E-state index contributed by atoms with van der Waals surface area (Å²) >= 11 is 0. The number of rotatable bonds is 8. The molecule has 0 aliphatic heterocycles. The number of nitro groups is 2. The molecule has 0 atom stereocenters. The topological polar surface area (TPSA) is 214 Å². The molecule has 0 fully saturated rings. The Morgan fingerprint density at radius 1 is 0.633 bits per heavy atom. The molecule has 0 spiro atoms. The molecule has 0 radical (unpaired) electrons. The fraction of sp³-hybridized carbons (Fsp3) is 0.0588. The lowest BCUT2D eigenvalue weighted by atomic mass is 10.1. The Morgan fingerprint density at radius 2 is 1.02 bits per heavy atom. The van der Waals surface area contributed by atoms with E-state index in [1.165, 1.54) is 60.7 Å². The first-order valence-corrected chi connectivity index (χ1v) is 14.3. The van der Waals surface area contributed by atoms with E-state index in [1.807, 2.05) is 0 Å². The lowest BCUT2D eigenvalue weighted by Gasteiger charge is -2.12. The summed E-state index contributed by atoms with van der Waals surface area (Å²) < 4.78 is 16.8. The van der Waals surface area contributed by atoms with Gasteiger partial charge in [0, 0.05) is 35.0 Å². The predicted octanol–water partition coefficient (Wildman–Crippen LogP) is 6.63. The predicted molar refractivity (Wildman–Crippen MR) is 177 cm³/mol. The molecule has 0 aliphatic carbocycles. The summed E-state index contributed by atoms with van der Waals surface area (Å²) in [6.45, 7) is 3.17. The zero-order valence-electron chi connectivity index (χ0n) is 25.5. The van der Waals surface area contributed by atoms with Crippen LogP contribution in [0.15, 0.2) is 103 Å². The van der Waals surface area contributed by atoms with Gasteiger partial charge in [0.25, 0.3) is 23.2 Å². The van der Waals surface area contributed by atoms with Crippen LogP contribution in [0.1, 0.15) is 31.8 Å². The first kappa shape index (κ1) is 31.8. The number of carbonyl (C=O) groups is 2. The number of amides is 2. The first-order valence-electron chi connectivity index (χ1n) is 14.3. The van der Waals surface area contributed by atoms with Gasteiger partial charge in [0.15, 0.2) is 0 Å². The van der Waals surface area contributed by atoms with E-state index in [4.69, 9.17) is 13.6 Å². The number of para-hydroxylation sites is 2. The van der Waals surface area contributed by atoms with Crippen LogP contribution in [0.2, 0.25) is 0 Å². The van der Waals surface area contributed by atoms with Gasteiger partial charge in [-0.1, -0.05) is 24.3 Å².